The first kappa shape index (κ1) is 10.1. The van der Waals surface area contributed by atoms with E-state index < -0.39 is 9.84 Å². The SMILES string of the molecule is O=S1(=O)C=CC(Nc2nc(Br)cs2)C1. The molecule has 0 amide bonds. The summed E-state index contributed by atoms with van der Waals surface area (Å²) in [6.07, 6.45) is 1.64. The van der Waals surface area contributed by atoms with E-state index >= 15 is 0 Å². The van der Waals surface area contributed by atoms with Gasteiger partial charge in [-0.25, -0.2) is 13.4 Å². The zero-order chi connectivity index (χ0) is 10.2. The summed E-state index contributed by atoms with van der Waals surface area (Å²) < 4.78 is 22.9. The molecule has 1 aliphatic heterocycles. The van der Waals surface area contributed by atoms with Gasteiger partial charge in [0, 0.05) is 10.8 Å². The Morgan fingerprint density at radius 3 is 2.93 bits per heavy atom. The van der Waals surface area contributed by atoms with Gasteiger partial charge < -0.3 is 5.32 Å². The molecule has 1 N–H and O–H groups in total. The molecule has 0 saturated heterocycles. The van der Waals surface area contributed by atoms with E-state index in [1.165, 1.54) is 16.7 Å². The molecule has 1 aromatic heterocycles. The zero-order valence-electron chi connectivity index (χ0n) is 6.97. The Bertz CT molecular complexity index is 466. The first-order valence-corrected chi connectivity index (χ1v) is 7.22. The Balaban J connectivity index is 2.05. The fraction of sp³-hybridized carbons (Fsp3) is 0.286. The van der Waals surface area contributed by atoms with Gasteiger partial charge in [0.05, 0.1) is 11.8 Å². The lowest BCUT2D eigenvalue weighted by Gasteiger charge is -2.06. The molecule has 0 aromatic carbocycles. The zero-order valence-corrected chi connectivity index (χ0v) is 10.2. The van der Waals surface area contributed by atoms with Crippen molar-refractivity contribution in [3.63, 3.8) is 0 Å². The highest BCUT2D eigenvalue weighted by molar-refractivity contribution is 9.10. The highest BCUT2D eigenvalue weighted by Crippen LogP contribution is 2.21. The molecule has 1 aliphatic rings. The van der Waals surface area contributed by atoms with E-state index in [0.29, 0.717) is 0 Å². The van der Waals surface area contributed by atoms with Gasteiger partial charge in [0.2, 0.25) is 0 Å². The lowest BCUT2D eigenvalue weighted by Crippen LogP contribution is -2.20. The van der Waals surface area contributed by atoms with Gasteiger partial charge in [0.15, 0.2) is 15.0 Å². The number of sulfone groups is 1. The van der Waals surface area contributed by atoms with Crippen LogP contribution in [-0.2, 0) is 9.84 Å². The van der Waals surface area contributed by atoms with Gasteiger partial charge in [-0.05, 0) is 22.0 Å². The van der Waals surface area contributed by atoms with Crippen LogP contribution in [0.1, 0.15) is 0 Å². The molecule has 76 valence electrons. The van der Waals surface area contributed by atoms with Crippen molar-refractivity contribution in [2.75, 3.05) is 11.1 Å². The minimum Gasteiger partial charge on any atom is -0.354 e. The van der Waals surface area contributed by atoms with E-state index in [1.54, 1.807) is 6.08 Å². The molecule has 0 radical (unpaired) electrons. The molecule has 2 rings (SSSR count). The van der Waals surface area contributed by atoms with Gasteiger partial charge in [-0.1, -0.05) is 0 Å². The van der Waals surface area contributed by atoms with Crippen LogP contribution in [0.3, 0.4) is 0 Å². The number of hydrogen-bond acceptors (Lipinski definition) is 5. The number of anilines is 1. The van der Waals surface area contributed by atoms with E-state index in [4.69, 9.17) is 0 Å². The van der Waals surface area contributed by atoms with Gasteiger partial charge in [0.1, 0.15) is 4.60 Å². The predicted octanol–water partition coefficient (Wildman–Crippen LogP) is 1.63. The highest BCUT2D eigenvalue weighted by Gasteiger charge is 2.21. The predicted molar refractivity (Wildman–Crippen MR) is 60.2 cm³/mol. The fourth-order valence-corrected chi connectivity index (χ4v) is 3.59. The van der Waals surface area contributed by atoms with Crippen LogP contribution in [0.15, 0.2) is 21.5 Å². The quantitative estimate of drug-likeness (QED) is 0.901. The van der Waals surface area contributed by atoms with Gasteiger partial charge in [0.25, 0.3) is 0 Å². The van der Waals surface area contributed by atoms with Crippen molar-refractivity contribution in [2.45, 2.75) is 6.04 Å². The summed E-state index contributed by atoms with van der Waals surface area (Å²) in [5, 5.41) is 6.84. The van der Waals surface area contributed by atoms with Gasteiger partial charge in [-0.2, -0.15) is 0 Å². The van der Waals surface area contributed by atoms with Crippen molar-refractivity contribution >= 4 is 42.2 Å². The van der Waals surface area contributed by atoms with Crippen LogP contribution in [-0.4, -0.2) is 25.2 Å². The molecule has 1 unspecified atom stereocenters. The van der Waals surface area contributed by atoms with Crippen LogP contribution >= 0.6 is 27.3 Å². The molecule has 0 aliphatic carbocycles. The lowest BCUT2D eigenvalue weighted by atomic mass is 10.3. The van der Waals surface area contributed by atoms with Crippen LogP contribution in [0.25, 0.3) is 0 Å². The molecule has 2 heterocycles. The van der Waals surface area contributed by atoms with Crippen LogP contribution in [0.2, 0.25) is 0 Å². The molecule has 1 atom stereocenters. The van der Waals surface area contributed by atoms with E-state index in [-0.39, 0.29) is 11.8 Å². The Morgan fingerprint density at radius 1 is 1.64 bits per heavy atom. The normalized spacial score (nSPS) is 23.9. The first-order chi connectivity index (χ1) is 6.55. The number of rotatable bonds is 2. The highest BCUT2D eigenvalue weighted by atomic mass is 79.9. The van der Waals surface area contributed by atoms with Gasteiger partial charge in [-0.3, -0.25) is 0 Å². The monoisotopic (exact) mass is 294 g/mol. The number of hydrogen-bond donors (Lipinski definition) is 1. The maximum atomic E-state index is 11.1. The number of thiazole rings is 1. The average molecular weight is 295 g/mol. The van der Waals surface area contributed by atoms with Crippen molar-refractivity contribution < 1.29 is 8.42 Å². The average Bonchev–Trinajstić information content (AvgIpc) is 2.59. The lowest BCUT2D eigenvalue weighted by molar-refractivity contribution is 0.605. The maximum Gasteiger partial charge on any atom is 0.184 e. The second kappa shape index (κ2) is 3.63. The molecular weight excluding hydrogens is 288 g/mol. The summed E-state index contributed by atoms with van der Waals surface area (Å²) >= 11 is 4.67. The minimum absolute atomic E-state index is 0.115. The van der Waals surface area contributed by atoms with Crippen molar-refractivity contribution in [2.24, 2.45) is 0 Å². The molecule has 4 nitrogen and oxygen atoms in total. The van der Waals surface area contributed by atoms with Crippen LogP contribution < -0.4 is 5.32 Å². The smallest absolute Gasteiger partial charge is 0.184 e. The number of halogens is 1. The third-order valence-electron chi connectivity index (χ3n) is 1.72. The summed E-state index contributed by atoms with van der Waals surface area (Å²) in [4.78, 5) is 4.12. The van der Waals surface area contributed by atoms with E-state index in [2.05, 4.69) is 26.2 Å². The molecule has 7 heteroatoms. The largest absolute Gasteiger partial charge is 0.354 e. The molecule has 14 heavy (non-hydrogen) atoms. The molecule has 0 spiro atoms. The van der Waals surface area contributed by atoms with E-state index in [0.717, 1.165) is 9.73 Å². The first-order valence-electron chi connectivity index (χ1n) is 3.84. The topological polar surface area (TPSA) is 59.1 Å². The summed E-state index contributed by atoms with van der Waals surface area (Å²) in [6, 6.07) is -0.155. The van der Waals surface area contributed by atoms with Crippen molar-refractivity contribution in [3.8, 4) is 0 Å². The number of nitrogens with one attached hydrogen (secondary N) is 1. The molecule has 0 bridgehead atoms. The number of aromatic nitrogens is 1. The standard InChI is InChI=1S/C7H7BrN2O2S2/c8-6-3-13-7(10-6)9-5-1-2-14(11,12)4-5/h1-3,5H,4H2,(H,9,10). The Hall–Kier alpha value is -0.400. The van der Waals surface area contributed by atoms with E-state index in [1.807, 2.05) is 5.38 Å². The molecule has 0 fully saturated rings. The van der Waals surface area contributed by atoms with Crippen LogP contribution in [0.4, 0.5) is 5.13 Å². The van der Waals surface area contributed by atoms with Gasteiger partial charge in [-0.15, -0.1) is 11.3 Å². The second-order valence-electron chi connectivity index (χ2n) is 2.88. The number of nitrogens with zero attached hydrogens (tertiary/aromatic N) is 1. The minimum atomic E-state index is -2.99. The summed E-state index contributed by atoms with van der Waals surface area (Å²) in [7, 11) is -2.99. The molecular formula is C7H7BrN2O2S2. The fourth-order valence-electron chi connectivity index (χ4n) is 1.14. The summed E-state index contributed by atoms with van der Waals surface area (Å²) in [5.74, 6) is 0.115. The Labute approximate surface area is 94.1 Å². The van der Waals surface area contributed by atoms with Crippen molar-refractivity contribution in [1.82, 2.24) is 4.98 Å². The van der Waals surface area contributed by atoms with Crippen LogP contribution in [0, 0.1) is 0 Å². The third-order valence-corrected chi connectivity index (χ3v) is 4.59. The van der Waals surface area contributed by atoms with Crippen molar-refractivity contribution in [3.05, 3.63) is 21.5 Å². The van der Waals surface area contributed by atoms with Gasteiger partial charge >= 0.3 is 0 Å². The third kappa shape index (κ3) is 2.34. The summed E-state index contributed by atoms with van der Waals surface area (Å²) in [6.45, 7) is 0. The molecule has 1 aromatic rings. The Kier molecular flexibility index (Phi) is 2.63. The van der Waals surface area contributed by atoms with E-state index in [9.17, 15) is 8.42 Å². The second-order valence-corrected chi connectivity index (χ2v) is 6.49. The molecule has 0 saturated carbocycles. The maximum absolute atomic E-state index is 11.1. The summed E-state index contributed by atoms with van der Waals surface area (Å²) in [5.41, 5.74) is 0. The van der Waals surface area contributed by atoms with Crippen molar-refractivity contribution in [1.29, 1.82) is 0 Å². The van der Waals surface area contributed by atoms with Crippen LogP contribution in [0.5, 0.6) is 0 Å². The Morgan fingerprint density at radius 2 is 2.43 bits per heavy atom.